The molecule has 1 aromatic rings. The number of nitrogens with zero attached hydrogens (tertiary/aromatic N) is 1. The molecule has 0 heterocycles. The molecule has 0 amide bonds. The summed E-state index contributed by atoms with van der Waals surface area (Å²) in [7, 11) is 1.44. The zero-order valence-electron chi connectivity index (χ0n) is 9.47. The van der Waals surface area contributed by atoms with Gasteiger partial charge in [0.15, 0.2) is 6.10 Å². The van der Waals surface area contributed by atoms with Crippen LogP contribution in [0.25, 0.3) is 0 Å². The molecule has 0 aliphatic rings. The molecule has 0 fully saturated rings. The van der Waals surface area contributed by atoms with Gasteiger partial charge in [0.2, 0.25) is 5.75 Å². The second-order valence-electron chi connectivity index (χ2n) is 3.31. The summed E-state index contributed by atoms with van der Waals surface area (Å²) in [5, 5.41) is 18.0. The topological polar surface area (TPSA) is 111 Å². The van der Waals surface area contributed by atoms with Gasteiger partial charge in [-0.2, -0.15) is 0 Å². The molecule has 0 aliphatic carbocycles. The molecule has 1 rings (SSSR count). The molecule has 1 unspecified atom stereocenters. The average Bonchev–Trinajstić information content (AvgIpc) is 2.28. The van der Waals surface area contributed by atoms with Crippen LogP contribution < -0.4 is 15.2 Å². The zero-order valence-corrected chi connectivity index (χ0v) is 9.47. The van der Waals surface area contributed by atoms with Gasteiger partial charge >= 0.3 is 5.69 Å². The minimum Gasteiger partial charge on any atom is -0.497 e. The molecular weight excluding hydrogens is 226 g/mol. The lowest BCUT2D eigenvalue weighted by atomic mass is 10.2. The third-order valence-electron chi connectivity index (χ3n) is 2.11. The number of benzene rings is 1. The first-order valence-electron chi connectivity index (χ1n) is 4.78. The number of rotatable bonds is 5. The largest absolute Gasteiger partial charge is 0.497 e. The summed E-state index contributed by atoms with van der Waals surface area (Å²) < 4.78 is 10.2. The highest BCUT2D eigenvalue weighted by Crippen LogP contribution is 2.31. The van der Waals surface area contributed by atoms with Gasteiger partial charge in [0.1, 0.15) is 11.6 Å². The van der Waals surface area contributed by atoms with E-state index in [0.717, 1.165) is 0 Å². The predicted octanol–water partition coefficient (Wildman–Crippen LogP) is 1.31. The average molecular weight is 239 g/mol. The third kappa shape index (κ3) is 3.07. The van der Waals surface area contributed by atoms with E-state index in [1.807, 2.05) is 0 Å². The highest BCUT2D eigenvalue weighted by Gasteiger charge is 2.19. The number of hydrogen-bond donors (Lipinski definition) is 2. The van der Waals surface area contributed by atoms with Gasteiger partial charge in [0.05, 0.1) is 12.0 Å². The van der Waals surface area contributed by atoms with Crippen LogP contribution in [0.1, 0.15) is 6.92 Å². The second kappa shape index (κ2) is 5.15. The molecule has 92 valence electrons. The Hall–Kier alpha value is -2.31. The smallest absolute Gasteiger partial charge is 0.311 e. The van der Waals surface area contributed by atoms with Crippen LogP contribution in [0.2, 0.25) is 0 Å². The normalized spacial score (nSPS) is 11.6. The van der Waals surface area contributed by atoms with Gasteiger partial charge in [-0.1, -0.05) is 0 Å². The minimum absolute atomic E-state index is 0.0250. The van der Waals surface area contributed by atoms with Crippen molar-refractivity contribution in [3.05, 3.63) is 28.3 Å². The number of methoxy groups -OCH3 is 1. The van der Waals surface area contributed by atoms with Gasteiger partial charge in [-0.15, -0.1) is 0 Å². The summed E-state index contributed by atoms with van der Waals surface area (Å²) >= 11 is 0. The van der Waals surface area contributed by atoms with E-state index in [1.54, 1.807) is 0 Å². The van der Waals surface area contributed by atoms with Crippen molar-refractivity contribution in [1.82, 2.24) is 0 Å². The van der Waals surface area contributed by atoms with E-state index in [0.29, 0.717) is 5.75 Å². The highest BCUT2D eigenvalue weighted by molar-refractivity contribution is 5.81. The van der Waals surface area contributed by atoms with Crippen molar-refractivity contribution in [2.45, 2.75) is 13.0 Å². The number of nitrogens with two attached hydrogens (primary N) is 1. The van der Waals surface area contributed by atoms with Gasteiger partial charge in [-0.05, 0) is 13.0 Å². The molecule has 0 bridgehead atoms. The maximum absolute atomic E-state index is 10.8. The van der Waals surface area contributed by atoms with E-state index in [2.05, 4.69) is 0 Å². The Balaban J connectivity index is 3.09. The van der Waals surface area contributed by atoms with Gasteiger partial charge in [0, 0.05) is 12.1 Å². The second-order valence-corrected chi connectivity index (χ2v) is 3.31. The Morgan fingerprint density at radius 3 is 2.71 bits per heavy atom. The number of amidine groups is 1. The van der Waals surface area contributed by atoms with Crippen molar-refractivity contribution >= 4 is 11.5 Å². The Labute approximate surface area is 97.8 Å². The monoisotopic (exact) mass is 239 g/mol. The summed E-state index contributed by atoms with van der Waals surface area (Å²) in [6.45, 7) is 1.53. The van der Waals surface area contributed by atoms with Gasteiger partial charge in [0.25, 0.3) is 0 Å². The maximum Gasteiger partial charge on any atom is 0.311 e. The van der Waals surface area contributed by atoms with Crippen molar-refractivity contribution in [3.63, 3.8) is 0 Å². The van der Waals surface area contributed by atoms with E-state index in [4.69, 9.17) is 20.6 Å². The molecule has 7 heteroatoms. The molecule has 0 saturated heterocycles. The third-order valence-corrected chi connectivity index (χ3v) is 2.11. The van der Waals surface area contributed by atoms with Crippen LogP contribution in [0.5, 0.6) is 11.5 Å². The Kier molecular flexibility index (Phi) is 3.86. The van der Waals surface area contributed by atoms with Gasteiger partial charge in [-0.25, -0.2) is 0 Å². The fraction of sp³-hybridized carbons (Fsp3) is 0.300. The first-order valence-corrected chi connectivity index (χ1v) is 4.78. The molecule has 3 N–H and O–H groups in total. The van der Waals surface area contributed by atoms with Crippen LogP contribution in [0.15, 0.2) is 18.2 Å². The lowest BCUT2D eigenvalue weighted by Gasteiger charge is -2.13. The first kappa shape index (κ1) is 12.8. The minimum atomic E-state index is -0.735. The number of nitrogens with one attached hydrogen (secondary N) is 1. The highest BCUT2D eigenvalue weighted by atomic mass is 16.6. The summed E-state index contributed by atoms with van der Waals surface area (Å²) in [5.74, 6) is 0.250. The lowest BCUT2D eigenvalue weighted by molar-refractivity contribution is -0.386. The van der Waals surface area contributed by atoms with Crippen LogP contribution in [-0.2, 0) is 0 Å². The van der Waals surface area contributed by atoms with E-state index >= 15 is 0 Å². The molecule has 1 atom stereocenters. The number of ether oxygens (including phenoxy) is 2. The van der Waals surface area contributed by atoms with Gasteiger partial charge in [-0.3, -0.25) is 15.5 Å². The fourth-order valence-electron chi connectivity index (χ4n) is 1.12. The number of hydrogen-bond acceptors (Lipinski definition) is 5. The summed E-state index contributed by atoms with van der Waals surface area (Å²) in [6, 6.07) is 4.13. The SMILES string of the molecule is COc1ccc([N+](=O)[O-])c(OC(C)C(=N)N)c1. The molecule has 0 radical (unpaired) electrons. The maximum atomic E-state index is 10.8. The van der Waals surface area contributed by atoms with Crippen LogP contribution in [0, 0.1) is 15.5 Å². The fourth-order valence-corrected chi connectivity index (χ4v) is 1.12. The summed E-state index contributed by atoms with van der Waals surface area (Å²) in [5.41, 5.74) is 5.04. The number of nitro benzene ring substituents is 1. The van der Waals surface area contributed by atoms with Crippen LogP contribution in [0.3, 0.4) is 0 Å². The van der Waals surface area contributed by atoms with E-state index in [1.165, 1.54) is 32.2 Å². The van der Waals surface area contributed by atoms with Crippen LogP contribution >= 0.6 is 0 Å². The Morgan fingerprint density at radius 1 is 1.59 bits per heavy atom. The van der Waals surface area contributed by atoms with E-state index in [-0.39, 0.29) is 17.3 Å². The van der Waals surface area contributed by atoms with Crippen LogP contribution in [-0.4, -0.2) is 24.0 Å². The molecule has 17 heavy (non-hydrogen) atoms. The van der Waals surface area contributed by atoms with E-state index in [9.17, 15) is 10.1 Å². The van der Waals surface area contributed by atoms with E-state index < -0.39 is 11.0 Å². The molecule has 0 aromatic heterocycles. The molecule has 0 saturated carbocycles. The summed E-state index contributed by atoms with van der Waals surface area (Å²) in [6.07, 6.45) is -0.735. The number of nitro groups is 1. The molecule has 0 aliphatic heterocycles. The molecule has 1 aromatic carbocycles. The van der Waals surface area contributed by atoms with Crippen molar-refractivity contribution in [3.8, 4) is 11.5 Å². The van der Waals surface area contributed by atoms with Crippen LogP contribution in [0.4, 0.5) is 5.69 Å². The zero-order chi connectivity index (χ0) is 13.0. The Morgan fingerprint density at radius 2 is 2.24 bits per heavy atom. The molecule has 7 nitrogen and oxygen atoms in total. The predicted molar refractivity (Wildman–Crippen MR) is 61.7 cm³/mol. The molecule has 0 spiro atoms. The quantitative estimate of drug-likeness (QED) is 0.348. The summed E-state index contributed by atoms with van der Waals surface area (Å²) in [4.78, 5) is 10.2. The molecular formula is C10H13N3O4. The van der Waals surface area contributed by atoms with Crippen molar-refractivity contribution in [2.24, 2.45) is 5.73 Å². The van der Waals surface area contributed by atoms with Crippen molar-refractivity contribution in [2.75, 3.05) is 7.11 Å². The van der Waals surface area contributed by atoms with Gasteiger partial charge < -0.3 is 15.2 Å². The van der Waals surface area contributed by atoms with Crippen molar-refractivity contribution < 1.29 is 14.4 Å². The first-order chi connectivity index (χ1) is 7.95. The standard InChI is InChI=1S/C10H13N3O4/c1-6(10(11)12)17-9-5-7(16-2)3-4-8(9)13(14)15/h3-6H,1-2H3,(H3,11,12). The van der Waals surface area contributed by atoms with Crippen molar-refractivity contribution in [1.29, 1.82) is 5.41 Å². The lowest BCUT2D eigenvalue weighted by Crippen LogP contribution is -2.30. The Bertz CT molecular complexity index is 447.